The largest absolute Gasteiger partial charge is 0.493 e. The minimum absolute atomic E-state index is 0.225. The number of nitrogens with two attached hydrogens (primary N) is 1. The highest BCUT2D eigenvalue weighted by Crippen LogP contribution is 2.44. The standard InChI is InChI=1S/C29H30N2O4S/c1-2-34-29(33)22-6-4-3-5-21(22)23-16-26-25(27-19(11-13-35-26)12-14-36-27)15-24(23)28(32)31-20-9-7-18(17-30)8-10-20/h7-10,12,14-16H,2-6,11,13,17,30H2,1H3,(H,31,32). The second-order valence-corrected chi connectivity index (χ2v) is 9.92. The number of esters is 1. The van der Waals surface area contributed by atoms with Gasteiger partial charge < -0.3 is 20.5 Å². The first kappa shape index (κ1) is 24.3. The fourth-order valence-corrected chi connectivity index (χ4v) is 5.90. The second kappa shape index (κ2) is 10.7. The van der Waals surface area contributed by atoms with Gasteiger partial charge in [0.25, 0.3) is 5.91 Å². The third-order valence-electron chi connectivity index (χ3n) is 6.75. The molecule has 1 aliphatic heterocycles. The van der Waals surface area contributed by atoms with Crippen molar-refractivity contribution < 1.29 is 19.1 Å². The number of fused-ring (bicyclic) bond motifs is 3. The van der Waals surface area contributed by atoms with Crippen molar-refractivity contribution >= 4 is 34.5 Å². The Morgan fingerprint density at radius 2 is 1.86 bits per heavy atom. The van der Waals surface area contributed by atoms with Crippen LogP contribution in [0.5, 0.6) is 5.75 Å². The first-order valence-corrected chi connectivity index (χ1v) is 13.3. The molecule has 1 aliphatic carbocycles. The van der Waals surface area contributed by atoms with Gasteiger partial charge in [0.1, 0.15) is 5.75 Å². The molecule has 6 nitrogen and oxygen atoms in total. The average Bonchev–Trinajstić information content (AvgIpc) is 3.30. The molecule has 5 rings (SSSR count). The molecule has 7 heteroatoms. The van der Waals surface area contributed by atoms with Gasteiger partial charge in [-0.05, 0) is 90.6 Å². The van der Waals surface area contributed by atoms with Gasteiger partial charge in [0.05, 0.1) is 13.2 Å². The molecule has 1 amide bonds. The van der Waals surface area contributed by atoms with Crippen LogP contribution in [0, 0.1) is 0 Å². The lowest BCUT2D eigenvalue weighted by molar-refractivity contribution is -0.138. The van der Waals surface area contributed by atoms with Crippen molar-refractivity contribution in [1.29, 1.82) is 0 Å². The SMILES string of the molecule is CCOC(=O)C1=C(c2cc3c(cc2C(=O)Nc2ccc(CN)cc2)-c2sccc2CCO3)CCCC1. The molecule has 0 radical (unpaired) electrons. The van der Waals surface area contributed by atoms with E-state index in [1.807, 2.05) is 43.3 Å². The quantitative estimate of drug-likeness (QED) is 0.407. The summed E-state index contributed by atoms with van der Waals surface area (Å²) >= 11 is 1.65. The Hall–Kier alpha value is -3.42. The topological polar surface area (TPSA) is 90.7 Å². The maximum Gasteiger partial charge on any atom is 0.334 e. The summed E-state index contributed by atoms with van der Waals surface area (Å²) in [5.74, 6) is 0.223. The van der Waals surface area contributed by atoms with E-state index in [0.717, 1.165) is 52.2 Å². The van der Waals surface area contributed by atoms with Crippen molar-refractivity contribution in [3.05, 3.63) is 75.7 Å². The van der Waals surface area contributed by atoms with Crippen molar-refractivity contribution in [3.63, 3.8) is 0 Å². The van der Waals surface area contributed by atoms with E-state index in [4.69, 9.17) is 15.2 Å². The molecule has 0 saturated carbocycles. The molecule has 0 spiro atoms. The molecular weight excluding hydrogens is 472 g/mol. The Morgan fingerprint density at radius 3 is 2.64 bits per heavy atom. The van der Waals surface area contributed by atoms with Gasteiger partial charge in [-0.1, -0.05) is 12.1 Å². The normalized spacial score (nSPS) is 14.8. The van der Waals surface area contributed by atoms with Crippen LogP contribution in [0.1, 0.15) is 59.7 Å². The summed E-state index contributed by atoms with van der Waals surface area (Å²) in [6.07, 6.45) is 4.04. The maximum absolute atomic E-state index is 13.7. The van der Waals surface area contributed by atoms with Gasteiger partial charge >= 0.3 is 5.97 Å². The van der Waals surface area contributed by atoms with Gasteiger partial charge in [0.2, 0.25) is 0 Å². The Morgan fingerprint density at radius 1 is 1.06 bits per heavy atom. The summed E-state index contributed by atoms with van der Waals surface area (Å²) in [6, 6.07) is 13.5. The summed E-state index contributed by atoms with van der Waals surface area (Å²) in [6.45, 7) is 3.14. The van der Waals surface area contributed by atoms with Gasteiger partial charge in [-0.15, -0.1) is 11.3 Å². The van der Waals surface area contributed by atoms with Crippen molar-refractivity contribution in [1.82, 2.24) is 0 Å². The van der Waals surface area contributed by atoms with E-state index < -0.39 is 0 Å². The molecule has 1 aromatic heterocycles. The molecule has 2 aromatic carbocycles. The maximum atomic E-state index is 13.7. The monoisotopic (exact) mass is 502 g/mol. The third-order valence-corrected chi connectivity index (χ3v) is 7.74. The van der Waals surface area contributed by atoms with E-state index in [0.29, 0.717) is 49.4 Å². The van der Waals surface area contributed by atoms with Crippen LogP contribution in [-0.2, 0) is 22.5 Å². The second-order valence-electron chi connectivity index (χ2n) is 9.01. The lowest BCUT2D eigenvalue weighted by Crippen LogP contribution is -2.18. The number of carbonyl (C=O) groups is 2. The van der Waals surface area contributed by atoms with Gasteiger partial charge in [0.15, 0.2) is 0 Å². The first-order valence-electron chi connectivity index (χ1n) is 12.5. The molecular formula is C29H30N2O4S. The summed E-state index contributed by atoms with van der Waals surface area (Å²) in [5, 5.41) is 5.12. The Bertz CT molecular complexity index is 1320. The van der Waals surface area contributed by atoms with Gasteiger partial charge in [0, 0.05) is 40.2 Å². The molecule has 0 fully saturated rings. The van der Waals surface area contributed by atoms with Crippen LogP contribution in [0.3, 0.4) is 0 Å². The predicted octanol–water partition coefficient (Wildman–Crippen LogP) is 5.95. The smallest absolute Gasteiger partial charge is 0.334 e. The molecule has 0 bridgehead atoms. The Balaban J connectivity index is 1.65. The molecule has 36 heavy (non-hydrogen) atoms. The number of allylic oxidation sites excluding steroid dienone is 1. The van der Waals surface area contributed by atoms with Crippen molar-refractivity contribution in [2.75, 3.05) is 18.5 Å². The summed E-state index contributed by atoms with van der Waals surface area (Å²) < 4.78 is 11.5. The van der Waals surface area contributed by atoms with Gasteiger partial charge in [-0.25, -0.2) is 4.79 Å². The van der Waals surface area contributed by atoms with Gasteiger partial charge in [-0.2, -0.15) is 0 Å². The van der Waals surface area contributed by atoms with E-state index in [1.165, 1.54) is 5.56 Å². The molecule has 186 valence electrons. The number of ether oxygens (including phenoxy) is 2. The fourth-order valence-electron chi connectivity index (χ4n) is 4.92. The van der Waals surface area contributed by atoms with E-state index in [-0.39, 0.29) is 11.9 Å². The molecule has 0 atom stereocenters. The van der Waals surface area contributed by atoms with Crippen LogP contribution in [-0.4, -0.2) is 25.1 Å². The van der Waals surface area contributed by atoms with Gasteiger partial charge in [-0.3, -0.25) is 4.79 Å². The van der Waals surface area contributed by atoms with Crippen LogP contribution in [0.4, 0.5) is 5.69 Å². The van der Waals surface area contributed by atoms with Crippen molar-refractivity contribution in [2.24, 2.45) is 5.73 Å². The highest BCUT2D eigenvalue weighted by Gasteiger charge is 2.28. The van der Waals surface area contributed by atoms with Crippen LogP contribution in [0.25, 0.3) is 16.0 Å². The number of benzene rings is 2. The number of hydrogen-bond donors (Lipinski definition) is 2. The summed E-state index contributed by atoms with van der Waals surface area (Å²) in [7, 11) is 0. The molecule has 2 heterocycles. The number of rotatable bonds is 6. The van der Waals surface area contributed by atoms with Crippen molar-refractivity contribution in [3.8, 4) is 16.2 Å². The molecule has 0 unspecified atom stereocenters. The summed E-state index contributed by atoms with van der Waals surface area (Å²) in [4.78, 5) is 27.7. The number of hydrogen-bond acceptors (Lipinski definition) is 6. The van der Waals surface area contributed by atoms with Crippen molar-refractivity contribution in [2.45, 2.75) is 45.6 Å². The molecule has 3 N–H and O–H groups in total. The number of anilines is 1. The first-order chi connectivity index (χ1) is 17.6. The lowest BCUT2D eigenvalue weighted by Gasteiger charge is -2.23. The Kier molecular flexibility index (Phi) is 7.20. The fraction of sp³-hybridized carbons (Fsp3) is 0.310. The average molecular weight is 503 g/mol. The predicted molar refractivity (Wildman–Crippen MR) is 143 cm³/mol. The molecule has 0 saturated heterocycles. The van der Waals surface area contributed by atoms with Crippen LogP contribution in [0.15, 0.2) is 53.4 Å². The van der Waals surface area contributed by atoms with Crippen LogP contribution in [0.2, 0.25) is 0 Å². The lowest BCUT2D eigenvalue weighted by atomic mass is 9.84. The number of amides is 1. The number of carbonyl (C=O) groups excluding carboxylic acids is 2. The summed E-state index contributed by atoms with van der Waals surface area (Å²) in [5.41, 5.74) is 12.4. The minimum Gasteiger partial charge on any atom is -0.493 e. The zero-order chi connectivity index (χ0) is 25.1. The highest BCUT2D eigenvalue weighted by atomic mass is 32.1. The van der Waals surface area contributed by atoms with Crippen LogP contribution < -0.4 is 15.8 Å². The van der Waals surface area contributed by atoms with Crippen LogP contribution >= 0.6 is 11.3 Å². The molecule has 3 aromatic rings. The van der Waals surface area contributed by atoms with E-state index in [1.54, 1.807) is 11.3 Å². The van der Waals surface area contributed by atoms with E-state index in [9.17, 15) is 9.59 Å². The highest BCUT2D eigenvalue weighted by molar-refractivity contribution is 7.13. The van der Waals surface area contributed by atoms with E-state index in [2.05, 4.69) is 16.8 Å². The minimum atomic E-state index is -0.299. The Labute approximate surface area is 215 Å². The zero-order valence-electron chi connectivity index (χ0n) is 20.4. The number of thiophene rings is 1. The van der Waals surface area contributed by atoms with E-state index >= 15 is 0 Å². The number of nitrogens with one attached hydrogen (secondary N) is 1. The zero-order valence-corrected chi connectivity index (χ0v) is 21.2. The molecule has 2 aliphatic rings. The third kappa shape index (κ3) is 4.81.